The number of H-pyrrole nitrogens is 1. The van der Waals surface area contributed by atoms with Crippen molar-refractivity contribution in [3.63, 3.8) is 0 Å². The van der Waals surface area contributed by atoms with Crippen molar-refractivity contribution < 1.29 is 9.50 Å². The van der Waals surface area contributed by atoms with Crippen LogP contribution >= 0.6 is 0 Å². The first-order chi connectivity index (χ1) is 10.7. The molecule has 1 aromatic heterocycles. The lowest BCUT2D eigenvalue weighted by Gasteiger charge is -2.23. The Bertz CT molecular complexity index is 837. The quantitative estimate of drug-likeness (QED) is 0.708. The second kappa shape index (κ2) is 5.16. The van der Waals surface area contributed by atoms with Crippen LogP contribution in [-0.2, 0) is 12.8 Å². The highest BCUT2D eigenvalue weighted by Gasteiger charge is 2.25. The van der Waals surface area contributed by atoms with E-state index in [-0.39, 0.29) is 11.6 Å². The molecule has 1 atom stereocenters. The van der Waals surface area contributed by atoms with Crippen molar-refractivity contribution in [2.45, 2.75) is 31.6 Å². The fraction of sp³-hybridized carbons (Fsp3) is 0.263. The van der Waals surface area contributed by atoms with Crippen LogP contribution in [0.4, 0.5) is 4.39 Å². The number of hydrogen-bond donors (Lipinski definition) is 2. The van der Waals surface area contributed by atoms with Gasteiger partial charge in [-0.15, -0.1) is 0 Å². The van der Waals surface area contributed by atoms with Crippen molar-refractivity contribution in [2.24, 2.45) is 0 Å². The molecule has 0 radical (unpaired) electrons. The minimum Gasteiger partial charge on any atom is -0.508 e. The van der Waals surface area contributed by atoms with Crippen LogP contribution in [0, 0.1) is 5.82 Å². The van der Waals surface area contributed by atoms with E-state index in [9.17, 15) is 9.50 Å². The summed E-state index contributed by atoms with van der Waals surface area (Å²) in [5.41, 5.74) is 4.67. The van der Waals surface area contributed by atoms with Gasteiger partial charge in [0.05, 0.1) is 0 Å². The Labute approximate surface area is 128 Å². The van der Waals surface area contributed by atoms with Crippen molar-refractivity contribution in [1.29, 1.82) is 0 Å². The van der Waals surface area contributed by atoms with Crippen LogP contribution in [0.3, 0.4) is 0 Å². The van der Waals surface area contributed by atoms with E-state index in [1.165, 1.54) is 22.7 Å². The fourth-order valence-corrected chi connectivity index (χ4v) is 3.75. The number of rotatable bonds is 2. The molecule has 2 N–H and O–H groups in total. The number of phenols is 1. The van der Waals surface area contributed by atoms with Crippen molar-refractivity contribution in [1.82, 2.24) is 4.98 Å². The Balaban J connectivity index is 1.76. The van der Waals surface area contributed by atoms with Gasteiger partial charge in [0.2, 0.25) is 0 Å². The van der Waals surface area contributed by atoms with Gasteiger partial charge in [-0.1, -0.05) is 12.1 Å². The average molecular weight is 295 g/mol. The van der Waals surface area contributed by atoms with E-state index in [0.29, 0.717) is 5.92 Å². The third-order valence-corrected chi connectivity index (χ3v) is 4.66. The smallest absolute Gasteiger partial charge is 0.123 e. The van der Waals surface area contributed by atoms with Crippen molar-refractivity contribution >= 4 is 10.9 Å². The summed E-state index contributed by atoms with van der Waals surface area (Å²) in [6.45, 7) is 0. The summed E-state index contributed by atoms with van der Waals surface area (Å²) < 4.78 is 13.4. The lowest BCUT2D eigenvalue weighted by Crippen LogP contribution is -2.11. The van der Waals surface area contributed by atoms with Gasteiger partial charge in [-0.25, -0.2) is 4.39 Å². The molecule has 1 aliphatic rings. The number of benzene rings is 2. The molecule has 112 valence electrons. The first-order valence-corrected chi connectivity index (χ1v) is 7.78. The maximum absolute atomic E-state index is 13.4. The van der Waals surface area contributed by atoms with Crippen molar-refractivity contribution in [3.05, 3.63) is 65.1 Å². The summed E-state index contributed by atoms with van der Waals surface area (Å²) in [5, 5.41) is 10.9. The van der Waals surface area contributed by atoms with Gasteiger partial charge in [0, 0.05) is 22.7 Å². The third kappa shape index (κ3) is 2.27. The fourth-order valence-electron chi connectivity index (χ4n) is 3.75. The monoisotopic (exact) mass is 295 g/mol. The van der Waals surface area contributed by atoms with Crippen LogP contribution in [-0.4, -0.2) is 10.1 Å². The van der Waals surface area contributed by atoms with E-state index in [1.807, 2.05) is 12.1 Å². The van der Waals surface area contributed by atoms with Crippen LogP contribution in [0.15, 0.2) is 42.5 Å². The SMILES string of the molecule is Oc1ccc2c3c([nH]c2c1)CCCC3Cc1cccc(F)c1. The number of fused-ring (bicyclic) bond motifs is 3. The molecular formula is C19H18FNO. The Kier molecular flexibility index (Phi) is 3.14. The van der Waals surface area contributed by atoms with Crippen LogP contribution in [0.2, 0.25) is 0 Å². The van der Waals surface area contributed by atoms with Gasteiger partial charge in [0.25, 0.3) is 0 Å². The zero-order valence-electron chi connectivity index (χ0n) is 12.3. The number of aromatic hydroxyl groups is 1. The van der Waals surface area contributed by atoms with E-state index in [2.05, 4.69) is 4.98 Å². The molecule has 0 spiro atoms. The highest BCUT2D eigenvalue weighted by atomic mass is 19.1. The van der Waals surface area contributed by atoms with Gasteiger partial charge < -0.3 is 10.1 Å². The first-order valence-electron chi connectivity index (χ1n) is 7.78. The minimum absolute atomic E-state index is 0.169. The maximum Gasteiger partial charge on any atom is 0.123 e. The zero-order valence-corrected chi connectivity index (χ0v) is 12.3. The van der Waals surface area contributed by atoms with Gasteiger partial charge in [-0.05, 0) is 67.0 Å². The van der Waals surface area contributed by atoms with E-state index in [1.54, 1.807) is 24.3 Å². The molecule has 22 heavy (non-hydrogen) atoms. The Morgan fingerprint density at radius 3 is 2.95 bits per heavy atom. The molecule has 3 heteroatoms. The first kappa shape index (κ1) is 13.4. The summed E-state index contributed by atoms with van der Waals surface area (Å²) in [5.74, 6) is 0.522. The summed E-state index contributed by atoms with van der Waals surface area (Å²) in [6, 6.07) is 12.4. The zero-order chi connectivity index (χ0) is 15.1. The predicted octanol–water partition coefficient (Wildman–Crippen LogP) is 4.68. The highest BCUT2D eigenvalue weighted by molar-refractivity contribution is 5.86. The molecule has 1 heterocycles. The average Bonchev–Trinajstić information content (AvgIpc) is 2.85. The third-order valence-electron chi connectivity index (χ3n) is 4.66. The van der Waals surface area contributed by atoms with E-state index in [0.717, 1.165) is 36.8 Å². The highest BCUT2D eigenvalue weighted by Crippen LogP contribution is 2.39. The number of aromatic amines is 1. The predicted molar refractivity (Wildman–Crippen MR) is 85.7 cm³/mol. The topological polar surface area (TPSA) is 36.0 Å². The van der Waals surface area contributed by atoms with Crippen LogP contribution in [0.5, 0.6) is 5.75 Å². The molecule has 0 amide bonds. The summed E-state index contributed by atoms with van der Waals surface area (Å²) in [7, 11) is 0. The van der Waals surface area contributed by atoms with Crippen molar-refractivity contribution in [2.75, 3.05) is 0 Å². The normalized spacial score (nSPS) is 17.6. The van der Waals surface area contributed by atoms with Gasteiger partial charge >= 0.3 is 0 Å². The Morgan fingerprint density at radius 1 is 1.18 bits per heavy atom. The molecule has 2 aromatic carbocycles. The molecule has 1 unspecified atom stereocenters. The molecule has 0 saturated carbocycles. The Morgan fingerprint density at radius 2 is 2.09 bits per heavy atom. The molecule has 0 aliphatic heterocycles. The van der Waals surface area contributed by atoms with Crippen LogP contribution < -0.4 is 0 Å². The number of hydrogen-bond acceptors (Lipinski definition) is 1. The molecule has 4 rings (SSSR count). The van der Waals surface area contributed by atoms with Gasteiger partial charge in [-0.2, -0.15) is 0 Å². The lowest BCUT2D eigenvalue weighted by atomic mass is 9.81. The van der Waals surface area contributed by atoms with E-state index < -0.39 is 0 Å². The second-order valence-corrected chi connectivity index (χ2v) is 6.17. The lowest BCUT2D eigenvalue weighted by molar-refractivity contribution is 0.476. The summed E-state index contributed by atoms with van der Waals surface area (Å²) in [6.07, 6.45) is 4.17. The molecule has 0 saturated heterocycles. The number of phenolic OH excluding ortho intramolecular Hbond substituents is 1. The second-order valence-electron chi connectivity index (χ2n) is 6.17. The van der Waals surface area contributed by atoms with Gasteiger partial charge in [0.15, 0.2) is 0 Å². The number of nitrogens with one attached hydrogen (secondary N) is 1. The van der Waals surface area contributed by atoms with Crippen molar-refractivity contribution in [3.8, 4) is 5.75 Å². The molecule has 0 fully saturated rings. The van der Waals surface area contributed by atoms with Gasteiger partial charge in [-0.3, -0.25) is 0 Å². The number of halogens is 1. The molecule has 3 aromatic rings. The Hall–Kier alpha value is -2.29. The van der Waals surface area contributed by atoms with Crippen LogP contribution in [0.1, 0.15) is 35.6 Å². The minimum atomic E-state index is -0.169. The number of aryl methyl sites for hydroxylation is 1. The molecule has 2 nitrogen and oxygen atoms in total. The summed E-state index contributed by atoms with van der Waals surface area (Å²) >= 11 is 0. The largest absolute Gasteiger partial charge is 0.508 e. The maximum atomic E-state index is 13.4. The molecule has 1 aliphatic carbocycles. The summed E-state index contributed by atoms with van der Waals surface area (Å²) in [4.78, 5) is 3.45. The number of aromatic nitrogens is 1. The van der Waals surface area contributed by atoms with E-state index >= 15 is 0 Å². The van der Waals surface area contributed by atoms with Gasteiger partial charge in [0.1, 0.15) is 11.6 Å². The standard InChI is InChI=1S/C19H18FNO/c20-14-5-1-3-12(10-14)9-13-4-2-6-17-19(13)16-8-7-15(22)11-18(16)21-17/h1,3,5,7-8,10-11,13,21-22H,2,4,6,9H2. The molecule has 0 bridgehead atoms. The molecular weight excluding hydrogens is 277 g/mol. The van der Waals surface area contributed by atoms with Crippen LogP contribution in [0.25, 0.3) is 10.9 Å². The van der Waals surface area contributed by atoms with E-state index in [4.69, 9.17) is 0 Å².